The second-order valence-corrected chi connectivity index (χ2v) is 11.2. The van der Waals surface area contributed by atoms with Gasteiger partial charge in [0.25, 0.3) is 12.7 Å². The van der Waals surface area contributed by atoms with Gasteiger partial charge in [-0.2, -0.15) is 10.2 Å². The van der Waals surface area contributed by atoms with E-state index in [1.165, 1.54) is 18.3 Å². The molecule has 0 amide bonds. The van der Waals surface area contributed by atoms with Gasteiger partial charge in [0.05, 0.1) is 18.4 Å². The average molecular weight is 653 g/mol. The SMILES string of the molecule is COc1nc(Nc2nccc(-c3ccc(O[C@@H]4CCNCC4(C(=O)[C@@H](O)F)C(=O)[C@@H](O)F)c(C#N)c3)n2)ccc1N1CCN(C)CC1. The number of benzene rings is 1. The third-order valence-corrected chi connectivity index (χ3v) is 8.29. The molecule has 5 rings (SSSR count). The first-order chi connectivity index (χ1) is 22.6. The molecule has 248 valence electrons. The minimum Gasteiger partial charge on any atom is -0.487 e. The monoisotopic (exact) mass is 652 g/mol. The molecule has 0 spiro atoms. The van der Waals surface area contributed by atoms with E-state index in [0.29, 0.717) is 23.0 Å². The zero-order valence-electron chi connectivity index (χ0n) is 25.7. The van der Waals surface area contributed by atoms with Crippen molar-refractivity contribution in [1.29, 1.82) is 5.26 Å². The van der Waals surface area contributed by atoms with Crippen LogP contribution >= 0.6 is 0 Å². The van der Waals surface area contributed by atoms with E-state index in [0.717, 1.165) is 31.9 Å². The summed E-state index contributed by atoms with van der Waals surface area (Å²) in [5.41, 5.74) is -0.829. The Morgan fingerprint density at radius 1 is 1.11 bits per heavy atom. The van der Waals surface area contributed by atoms with E-state index in [9.17, 15) is 33.8 Å². The van der Waals surface area contributed by atoms with Crippen LogP contribution in [-0.4, -0.2) is 114 Å². The number of piperidine rings is 1. The van der Waals surface area contributed by atoms with Crippen LogP contribution in [0.3, 0.4) is 0 Å². The molecule has 0 radical (unpaired) electrons. The second-order valence-electron chi connectivity index (χ2n) is 11.2. The Labute approximate surface area is 269 Å². The first-order valence-corrected chi connectivity index (χ1v) is 14.8. The maximum atomic E-state index is 13.8. The number of nitriles is 1. The molecule has 47 heavy (non-hydrogen) atoms. The van der Waals surface area contributed by atoms with Crippen LogP contribution in [0.15, 0.2) is 42.6 Å². The summed E-state index contributed by atoms with van der Waals surface area (Å²) < 4.78 is 39.1. The lowest BCUT2D eigenvalue weighted by Gasteiger charge is -2.41. The van der Waals surface area contributed by atoms with E-state index in [-0.39, 0.29) is 30.2 Å². The predicted molar refractivity (Wildman–Crippen MR) is 165 cm³/mol. The lowest BCUT2D eigenvalue weighted by Crippen LogP contribution is -2.64. The number of aliphatic hydroxyl groups is 2. The van der Waals surface area contributed by atoms with Crippen molar-refractivity contribution in [3.05, 3.63) is 48.2 Å². The molecule has 0 unspecified atom stereocenters. The number of methoxy groups -OCH3 is 1. The highest BCUT2D eigenvalue weighted by Gasteiger charge is 2.58. The molecule has 2 aromatic heterocycles. The van der Waals surface area contributed by atoms with E-state index in [4.69, 9.17) is 9.47 Å². The van der Waals surface area contributed by atoms with Crippen molar-refractivity contribution in [2.24, 2.45) is 5.41 Å². The van der Waals surface area contributed by atoms with Crippen LogP contribution in [0.2, 0.25) is 0 Å². The number of anilines is 3. The number of nitrogens with zero attached hydrogens (tertiary/aromatic N) is 6. The lowest BCUT2D eigenvalue weighted by molar-refractivity contribution is -0.169. The minimum atomic E-state index is -3.13. The Kier molecular flexibility index (Phi) is 10.2. The fourth-order valence-electron chi connectivity index (χ4n) is 5.74. The van der Waals surface area contributed by atoms with Crippen molar-refractivity contribution >= 4 is 29.0 Å². The van der Waals surface area contributed by atoms with Crippen LogP contribution in [0, 0.1) is 16.7 Å². The highest BCUT2D eigenvalue weighted by atomic mass is 19.1. The quantitative estimate of drug-likeness (QED) is 0.218. The number of aromatic nitrogens is 3. The Hall–Kier alpha value is -4.82. The maximum Gasteiger partial charge on any atom is 0.257 e. The molecule has 14 nitrogen and oxygen atoms in total. The second kappa shape index (κ2) is 14.3. The molecule has 2 aliphatic heterocycles. The largest absolute Gasteiger partial charge is 0.487 e. The number of halogens is 2. The van der Waals surface area contributed by atoms with Crippen molar-refractivity contribution in [3.63, 3.8) is 0 Å². The zero-order valence-corrected chi connectivity index (χ0v) is 25.7. The normalized spacial score (nSPS) is 19.3. The standard InChI is InChI=1S/C31H34F2N8O6/c1-40-11-13-41(14-12-40)21-4-6-24(38-29(21)46-2)39-30-36-10-7-20(37-30)18-3-5-22(19(15-18)16-34)47-23-8-9-35-17-31(23,25(42)27(32)44)26(43)28(33)45/h3-7,10,15,23,27-28,35,44-45H,8-9,11-14,17H2,1-2H3,(H,36,37,38,39)/t23-,27-,28-/m1/s1. The van der Waals surface area contributed by atoms with Gasteiger partial charge >= 0.3 is 0 Å². The van der Waals surface area contributed by atoms with E-state index in [2.05, 4.69) is 42.4 Å². The van der Waals surface area contributed by atoms with Gasteiger partial charge in [-0.1, -0.05) is 0 Å². The van der Waals surface area contributed by atoms with Gasteiger partial charge in [0.2, 0.25) is 23.4 Å². The van der Waals surface area contributed by atoms with Crippen LogP contribution < -0.4 is 25.0 Å². The molecule has 0 aliphatic carbocycles. The number of likely N-dealkylation sites (N-methyl/N-ethyl adjacent to an activating group) is 1. The Bertz CT molecular complexity index is 1640. The van der Waals surface area contributed by atoms with Crippen LogP contribution in [0.25, 0.3) is 11.3 Å². The molecule has 1 aromatic carbocycles. The van der Waals surface area contributed by atoms with Gasteiger partial charge in [0.1, 0.15) is 34.8 Å². The predicted octanol–water partition coefficient (Wildman–Crippen LogP) is 1.36. The number of pyridine rings is 1. The van der Waals surface area contributed by atoms with Crippen molar-refractivity contribution in [1.82, 2.24) is 25.2 Å². The Morgan fingerprint density at radius 3 is 2.49 bits per heavy atom. The number of Topliss-reactive ketones (excluding diaryl/α,β-unsaturated/α-hetero) is 2. The van der Waals surface area contributed by atoms with Gasteiger partial charge in [-0.25, -0.2) is 18.7 Å². The summed E-state index contributed by atoms with van der Waals surface area (Å²) in [6, 6.07) is 11.7. The molecule has 2 saturated heterocycles. The summed E-state index contributed by atoms with van der Waals surface area (Å²) in [6.45, 7) is 3.14. The number of carbonyl (C=O) groups excluding carboxylic acids is 2. The number of piperazine rings is 1. The van der Waals surface area contributed by atoms with Gasteiger partial charge < -0.3 is 40.1 Å². The lowest BCUT2D eigenvalue weighted by atomic mass is 9.70. The average Bonchev–Trinajstić information content (AvgIpc) is 3.08. The molecule has 16 heteroatoms. The molecule has 0 saturated carbocycles. The molecule has 4 heterocycles. The molecule has 2 aliphatic rings. The van der Waals surface area contributed by atoms with Crippen molar-refractivity contribution in [2.45, 2.75) is 25.2 Å². The fraction of sp³-hybridized carbons (Fsp3) is 0.419. The third kappa shape index (κ3) is 6.98. The Balaban J connectivity index is 1.38. The van der Waals surface area contributed by atoms with Crippen LogP contribution in [-0.2, 0) is 9.59 Å². The number of ether oxygens (including phenoxy) is 2. The maximum absolute atomic E-state index is 13.8. The summed E-state index contributed by atoms with van der Waals surface area (Å²) in [5.74, 6) is -2.28. The number of alkyl halides is 2. The van der Waals surface area contributed by atoms with Gasteiger partial charge in [-0.05, 0) is 56.4 Å². The number of carbonyl (C=O) groups is 2. The smallest absolute Gasteiger partial charge is 0.257 e. The highest BCUT2D eigenvalue weighted by Crippen LogP contribution is 2.37. The number of ketones is 2. The summed E-state index contributed by atoms with van der Waals surface area (Å²) in [7, 11) is 3.63. The van der Waals surface area contributed by atoms with Crippen molar-refractivity contribution in [2.75, 3.05) is 63.6 Å². The van der Waals surface area contributed by atoms with E-state index >= 15 is 0 Å². The molecular weight excluding hydrogens is 618 g/mol. The topological polar surface area (TPSA) is 186 Å². The number of nitrogens with one attached hydrogen (secondary N) is 2. The third-order valence-electron chi connectivity index (χ3n) is 8.29. The number of hydrogen-bond acceptors (Lipinski definition) is 14. The first-order valence-electron chi connectivity index (χ1n) is 14.8. The van der Waals surface area contributed by atoms with Crippen molar-refractivity contribution in [3.8, 4) is 29.0 Å². The highest BCUT2D eigenvalue weighted by molar-refractivity contribution is 6.10. The van der Waals surface area contributed by atoms with Crippen molar-refractivity contribution < 1.29 is 38.1 Å². The fourth-order valence-corrected chi connectivity index (χ4v) is 5.74. The van der Waals surface area contributed by atoms with E-state index in [1.807, 2.05) is 12.1 Å². The van der Waals surface area contributed by atoms with E-state index < -0.39 is 42.3 Å². The number of hydrogen-bond donors (Lipinski definition) is 4. The Morgan fingerprint density at radius 2 is 1.83 bits per heavy atom. The molecule has 4 N–H and O–H groups in total. The first kappa shape index (κ1) is 33.5. The van der Waals surface area contributed by atoms with Gasteiger partial charge in [0, 0.05) is 44.5 Å². The molecule has 0 bridgehead atoms. The molecule has 2 fully saturated rings. The van der Waals surface area contributed by atoms with Crippen LogP contribution in [0.1, 0.15) is 12.0 Å². The van der Waals surface area contributed by atoms with E-state index in [1.54, 1.807) is 25.3 Å². The van der Waals surface area contributed by atoms with Gasteiger partial charge in [0.15, 0.2) is 0 Å². The summed E-state index contributed by atoms with van der Waals surface area (Å²) in [4.78, 5) is 43.3. The van der Waals surface area contributed by atoms with Crippen LogP contribution in [0.5, 0.6) is 11.6 Å². The summed E-state index contributed by atoms with van der Waals surface area (Å²) in [6.07, 6.45) is -6.34. The minimum absolute atomic E-state index is 0.0320. The summed E-state index contributed by atoms with van der Waals surface area (Å²) >= 11 is 0. The number of aliphatic hydroxyl groups excluding tert-OH is 2. The number of rotatable bonds is 11. The molecule has 3 aromatic rings. The van der Waals surface area contributed by atoms with Gasteiger partial charge in [-0.15, -0.1) is 0 Å². The zero-order chi connectivity index (χ0) is 33.7. The molecule has 3 atom stereocenters. The van der Waals surface area contributed by atoms with Gasteiger partial charge in [-0.3, -0.25) is 9.59 Å². The summed E-state index contributed by atoms with van der Waals surface area (Å²) in [5, 5.41) is 34.5. The van der Waals surface area contributed by atoms with Crippen LogP contribution in [0.4, 0.5) is 26.2 Å². The molecular formula is C31H34F2N8O6.